The minimum Gasteiger partial charge on any atom is -0.484 e. The van der Waals surface area contributed by atoms with Gasteiger partial charge in [-0.05, 0) is 45.4 Å². The molecule has 19 heavy (non-hydrogen) atoms. The Bertz CT molecular complexity index is 457. The van der Waals surface area contributed by atoms with Crippen LogP contribution >= 0.6 is 0 Å². The van der Waals surface area contributed by atoms with Gasteiger partial charge in [-0.15, -0.1) is 0 Å². The van der Waals surface area contributed by atoms with Gasteiger partial charge in [-0.1, -0.05) is 6.07 Å². The van der Waals surface area contributed by atoms with E-state index in [1.807, 2.05) is 18.2 Å². The molecule has 0 radical (unpaired) electrons. The van der Waals surface area contributed by atoms with Gasteiger partial charge in [-0.3, -0.25) is 0 Å². The molecule has 0 spiro atoms. The number of nitrogens with two attached hydrogens (primary N) is 1. The minimum atomic E-state index is -0.640. The molecule has 0 fully saturated rings. The molecule has 1 aliphatic rings. The van der Waals surface area contributed by atoms with Crippen molar-refractivity contribution in [1.82, 2.24) is 0 Å². The zero-order valence-corrected chi connectivity index (χ0v) is 12.2. The molecule has 1 heterocycles. The van der Waals surface area contributed by atoms with Crippen molar-refractivity contribution in [2.24, 2.45) is 5.73 Å². The van der Waals surface area contributed by atoms with Crippen LogP contribution in [0.15, 0.2) is 18.2 Å². The Morgan fingerprint density at radius 1 is 1.47 bits per heavy atom. The van der Waals surface area contributed by atoms with Crippen molar-refractivity contribution in [1.29, 1.82) is 0 Å². The fraction of sp³-hybridized carbons (Fsp3) is 0.600. The molecule has 4 nitrogen and oxygen atoms in total. The van der Waals surface area contributed by atoms with Crippen LogP contribution in [-0.4, -0.2) is 29.8 Å². The van der Waals surface area contributed by atoms with E-state index in [-0.39, 0.29) is 11.6 Å². The Kier molecular flexibility index (Phi) is 3.74. The molecule has 0 aromatic heterocycles. The van der Waals surface area contributed by atoms with Crippen LogP contribution in [0.3, 0.4) is 0 Å². The van der Waals surface area contributed by atoms with Gasteiger partial charge in [0, 0.05) is 12.6 Å². The first kappa shape index (κ1) is 14.2. The molecule has 3 N–H and O–H groups in total. The normalized spacial score (nSPS) is 20.4. The smallest absolute Gasteiger partial charge is 0.143 e. The molecule has 0 saturated heterocycles. The second kappa shape index (κ2) is 5.02. The van der Waals surface area contributed by atoms with Crippen LogP contribution in [0.4, 0.5) is 5.69 Å². The van der Waals surface area contributed by atoms with Gasteiger partial charge in [-0.25, -0.2) is 0 Å². The number of aliphatic hydroxyl groups excluding tert-OH is 1. The molecule has 2 atom stereocenters. The van der Waals surface area contributed by atoms with Crippen molar-refractivity contribution in [3.05, 3.63) is 23.8 Å². The number of nitrogens with zero attached hydrogens (tertiary/aromatic N) is 1. The molecule has 4 heteroatoms. The van der Waals surface area contributed by atoms with Gasteiger partial charge in [0.15, 0.2) is 0 Å². The third kappa shape index (κ3) is 2.85. The molecule has 2 unspecified atom stereocenters. The Hall–Kier alpha value is -1.26. The number of anilines is 1. The van der Waals surface area contributed by atoms with E-state index in [9.17, 15) is 5.11 Å². The van der Waals surface area contributed by atoms with Gasteiger partial charge < -0.3 is 20.5 Å². The Labute approximate surface area is 115 Å². The summed E-state index contributed by atoms with van der Waals surface area (Å²) in [7, 11) is 0. The lowest BCUT2D eigenvalue weighted by molar-refractivity contribution is 0.105. The van der Waals surface area contributed by atoms with Gasteiger partial charge in [-0.2, -0.15) is 0 Å². The first-order chi connectivity index (χ1) is 8.84. The number of hydrogen-bond donors (Lipinski definition) is 2. The number of benzene rings is 1. The maximum absolute atomic E-state index is 10.1. The highest BCUT2D eigenvalue weighted by Gasteiger charge is 2.31. The second-order valence-corrected chi connectivity index (χ2v) is 5.91. The third-order valence-electron chi connectivity index (χ3n) is 3.50. The highest BCUT2D eigenvalue weighted by atomic mass is 16.5. The van der Waals surface area contributed by atoms with Gasteiger partial charge in [0.05, 0.1) is 18.3 Å². The molecule has 1 aliphatic heterocycles. The number of hydrogen-bond acceptors (Lipinski definition) is 4. The summed E-state index contributed by atoms with van der Waals surface area (Å²) in [5, 5.41) is 10.1. The summed E-state index contributed by atoms with van der Waals surface area (Å²) in [5.74, 6) is 0.874. The standard InChI is InChI=1S/C15H24N2O2/c1-5-17-9-15(3,4)19-13-7-6-11(8-12(13)17)14(18)10(2)16/h6-8,10,14,18H,5,9,16H2,1-4H3. The van der Waals surface area contributed by atoms with Crippen molar-refractivity contribution in [3.8, 4) is 5.75 Å². The molecular formula is C15H24N2O2. The molecular weight excluding hydrogens is 240 g/mol. The van der Waals surface area contributed by atoms with Crippen molar-refractivity contribution in [3.63, 3.8) is 0 Å². The van der Waals surface area contributed by atoms with Crippen LogP contribution in [0.5, 0.6) is 5.75 Å². The SMILES string of the molecule is CCN1CC(C)(C)Oc2ccc(C(O)C(C)N)cc21. The van der Waals surface area contributed by atoms with Crippen molar-refractivity contribution in [2.45, 2.75) is 45.4 Å². The van der Waals surface area contributed by atoms with Crippen molar-refractivity contribution in [2.75, 3.05) is 18.0 Å². The average molecular weight is 264 g/mol. The van der Waals surface area contributed by atoms with E-state index in [4.69, 9.17) is 10.5 Å². The van der Waals surface area contributed by atoms with Crippen LogP contribution < -0.4 is 15.4 Å². The number of likely N-dealkylation sites (N-methyl/N-ethyl adjacent to an activating group) is 1. The van der Waals surface area contributed by atoms with Crippen LogP contribution in [0.25, 0.3) is 0 Å². The predicted molar refractivity (Wildman–Crippen MR) is 77.6 cm³/mol. The summed E-state index contributed by atoms with van der Waals surface area (Å²) in [6.45, 7) is 9.86. The second-order valence-electron chi connectivity index (χ2n) is 5.91. The number of rotatable bonds is 3. The predicted octanol–water partition coefficient (Wildman–Crippen LogP) is 2.06. The summed E-state index contributed by atoms with van der Waals surface area (Å²) < 4.78 is 5.99. The van der Waals surface area contributed by atoms with Gasteiger partial charge >= 0.3 is 0 Å². The Morgan fingerprint density at radius 3 is 2.74 bits per heavy atom. The fourth-order valence-corrected chi connectivity index (χ4v) is 2.51. The van der Waals surface area contributed by atoms with Crippen LogP contribution in [0.1, 0.15) is 39.4 Å². The number of aliphatic hydroxyl groups is 1. The monoisotopic (exact) mass is 264 g/mol. The molecule has 0 amide bonds. The molecule has 0 aliphatic carbocycles. The lowest BCUT2D eigenvalue weighted by Gasteiger charge is -2.40. The summed E-state index contributed by atoms with van der Waals surface area (Å²) in [4.78, 5) is 2.27. The molecule has 1 aromatic rings. The summed E-state index contributed by atoms with van der Waals surface area (Å²) in [6.07, 6.45) is -0.640. The largest absolute Gasteiger partial charge is 0.484 e. The van der Waals surface area contributed by atoms with E-state index in [0.29, 0.717) is 0 Å². The lowest BCUT2D eigenvalue weighted by Crippen LogP contribution is -2.46. The Morgan fingerprint density at radius 2 is 2.16 bits per heavy atom. The van der Waals surface area contributed by atoms with Gasteiger partial charge in [0.2, 0.25) is 0 Å². The summed E-state index contributed by atoms with van der Waals surface area (Å²) >= 11 is 0. The fourth-order valence-electron chi connectivity index (χ4n) is 2.51. The van der Waals surface area contributed by atoms with Crippen LogP contribution in [0, 0.1) is 0 Å². The van der Waals surface area contributed by atoms with Crippen LogP contribution in [0.2, 0.25) is 0 Å². The molecule has 0 saturated carbocycles. The molecule has 1 aromatic carbocycles. The Balaban J connectivity index is 2.39. The van der Waals surface area contributed by atoms with E-state index in [1.165, 1.54) is 0 Å². The van der Waals surface area contributed by atoms with E-state index in [1.54, 1.807) is 6.92 Å². The maximum atomic E-state index is 10.1. The zero-order chi connectivity index (χ0) is 14.2. The topological polar surface area (TPSA) is 58.7 Å². The van der Waals surface area contributed by atoms with E-state index < -0.39 is 6.10 Å². The van der Waals surface area contributed by atoms with Gasteiger partial charge in [0.1, 0.15) is 11.4 Å². The highest BCUT2D eigenvalue weighted by Crippen LogP contribution is 2.38. The summed E-state index contributed by atoms with van der Waals surface area (Å²) in [6, 6.07) is 5.53. The van der Waals surface area contributed by atoms with E-state index in [2.05, 4.69) is 25.7 Å². The van der Waals surface area contributed by atoms with E-state index >= 15 is 0 Å². The maximum Gasteiger partial charge on any atom is 0.143 e. The van der Waals surface area contributed by atoms with Gasteiger partial charge in [0.25, 0.3) is 0 Å². The first-order valence-corrected chi connectivity index (χ1v) is 6.85. The quantitative estimate of drug-likeness (QED) is 0.877. The van der Waals surface area contributed by atoms with Crippen molar-refractivity contribution < 1.29 is 9.84 Å². The minimum absolute atomic E-state index is 0.190. The number of ether oxygens (including phenoxy) is 1. The average Bonchev–Trinajstić information content (AvgIpc) is 2.35. The number of fused-ring (bicyclic) bond motifs is 1. The molecule has 2 rings (SSSR count). The van der Waals surface area contributed by atoms with Crippen molar-refractivity contribution >= 4 is 5.69 Å². The molecule has 0 bridgehead atoms. The summed E-state index contributed by atoms with van der Waals surface area (Å²) in [5.41, 5.74) is 7.45. The zero-order valence-electron chi connectivity index (χ0n) is 12.2. The first-order valence-electron chi connectivity index (χ1n) is 6.85. The third-order valence-corrected chi connectivity index (χ3v) is 3.50. The molecule has 106 valence electrons. The lowest BCUT2D eigenvalue weighted by atomic mass is 10.00. The van der Waals surface area contributed by atoms with Crippen LogP contribution in [-0.2, 0) is 0 Å². The highest BCUT2D eigenvalue weighted by molar-refractivity contribution is 5.62. The van der Waals surface area contributed by atoms with E-state index in [0.717, 1.165) is 30.1 Å².